The minimum atomic E-state index is -0.934. The molecule has 2 aromatic heterocycles. The number of fused-ring (bicyclic) bond motifs is 10. The van der Waals surface area contributed by atoms with Crippen molar-refractivity contribution >= 4 is 132 Å². The molecule has 0 aliphatic carbocycles. The van der Waals surface area contributed by atoms with Gasteiger partial charge >= 0.3 is 0 Å². The van der Waals surface area contributed by atoms with Gasteiger partial charge in [0, 0.05) is 76.0 Å². The van der Waals surface area contributed by atoms with Crippen molar-refractivity contribution in [1.29, 1.82) is 0 Å². The molecule has 0 unspecified atom stereocenters. The lowest BCUT2D eigenvalue weighted by Crippen LogP contribution is -2.60. The molecule has 2 aliphatic heterocycles. The third kappa shape index (κ3) is 8.85. The number of hydrogen-bond acceptors (Lipinski definition) is 3. The molecule has 4 heterocycles. The van der Waals surface area contributed by atoms with Crippen LogP contribution < -0.4 is 25.5 Å². The smallest absolute Gasteiger partial charge is 0.264 e. The van der Waals surface area contributed by atoms with E-state index in [1.54, 1.807) is 11.3 Å². The molecular formula is C90H72BN3S. The van der Waals surface area contributed by atoms with Crippen molar-refractivity contribution < 1.29 is 8.22 Å². The van der Waals surface area contributed by atoms with Crippen molar-refractivity contribution in [2.75, 3.05) is 9.80 Å². The van der Waals surface area contributed by atoms with E-state index in [1.165, 1.54) is 0 Å². The lowest BCUT2D eigenvalue weighted by Gasteiger charge is -2.45. The maximum Gasteiger partial charge on any atom is 0.264 e. The number of para-hydroxylation sites is 1. The molecule has 5 heteroatoms. The normalized spacial score (nSPS) is 14.1. The predicted octanol–water partition coefficient (Wildman–Crippen LogP) is 23.5. The molecule has 16 aromatic rings. The largest absolute Gasteiger partial charge is 0.310 e. The Morgan fingerprint density at radius 2 is 0.874 bits per heavy atom. The Labute approximate surface area is 569 Å². The monoisotopic (exact) mass is 1240 g/mol. The molecule has 0 radical (unpaired) electrons. The van der Waals surface area contributed by atoms with Crippen molar-refractivity contribution in [3.8, 4) is 50.2 Å². The van der Waals surface area contributed by atoms with Gasteiger partial charge in [-0.05, 0) is 160 Å². The summed E-state index contributed by atoms with van der Waals surface area (Å²) in [6.07, 6.45) is 0. The minimum absolute atomic E-state index is 0.00374. The molecule has 0 amide bonds. The fraction of sp³-hybridized carbons (Fsp3) is 0.133. The van der Waals surface area contributed by atoms with E-state index in [0.29, 0.717) is 33.7 Å². The Morgan fingerprint density at radius 1 is 0.379 bits per heavy atom. The lowest BCUT2D eigenvalue weighted by atomic mass is 9.36. The zero-order valence-electron chi connectivity index (χ0n) is 60.8. The van der Waals surface area contributed by atoms with E-state index in [0.717, 1.165) is 142 Å². The van der Waals surface area contributed by atoms with Gasteiger partial charge in [0.1, 0.15) is 0 Å². The van der Waals surface area contributed by atoms with E-state index >= 15 is 0 Å². The molecule has 95 heavy (non-hydrogen) atoms. The molecule has 0 atom stereocenters. The zero-order valence-corrected chi connectivity index (χ0v) is 55.7. The van der Waals surface area contributed by atoms with Crippen LogP contribution in [0.4, 0.5) is 34.1 Å². The summed E-state index contributed by atoms with van der Waals surface area (Å²) in [5.74, 6) is 0. The first kappa shape index (κ1) is 51.0. The molecule has 14 aromatic carbocycles. The van der Waals surface area contributed by atoms with Gasteiger partial charge in [-0.1, -0.05) is 269 Å². The summed E-state index contributed by atoms with van der Waals surface area (Å²) in [4.78, 5) is 4.35. The first-order chi connectivity index (χ1) is 48.6. The summed E-state index contributed by atoms with van der Waals surface area (Å²) >= 11 is 1.65. The van der Waals surface area contributed by atoms with Crippen LogP contribution in [-0.4, -0.2) is 11.3 Å². The molecule has 0 fully saturated rings. The average molecular weight is 1240 g/mol. The SMILES string of the molecule is [2H]c1c([2H])c2c3c(c1[2H])N(c1c(-c4ccccc4)cc(C(C)(C)C)cc1-c1ccccc1)c1c(sc4cc(C(C)(C)C)ccc14)B3c1c([2H])c([2H])c(-n3c4ccccc4c4cc5ccc6cccc7ccc(c5c67)c43)c([2H])c1N2c1c(-c2ccccc2)cc(C(C)(C)C)cc1-c1ccccc1. The van der Waals surface area contributed by atoms with Gasteiger partial charge in [-0.2, -0.15) is 0 Å². The second-order valence-electron chi connectivity index (χ2n) is 29.1. The van der Waals surface area contributed by atoms with Crippen LogP contribution >= 0.6 is 11.3 Å². The summed E-state index contributed by atoms with van der Waals surface area (Å²) in [5.41, 5.74) is 15.8. The molecule has 0 bridgehead atoms. The second-order valence-corrected chi connectivity index (χ2v) is 30.2. The van der Waals surface area contributed by atoms with Gasteiger partial charge in [0.15, 0.2) is 0 Å². The van der Waals surface area contributed by atoms with E-state index in [9.17, 15) is 8.22 Å². The standard InChI is InChI=1S/C90H72BN3S/c1-88(2,3)62-43-46-67-79(53-62)95-87-86(67)94(85-71(57-30-18-12-19-31-57)51-64(90(7,8)9)52-72(85)58-32-20-13-21-33-58)77-39-25-38-76-82(77)91(87)74-47-44-65(92-75-37-23-22-36-66(75)73-48-61-41-40-59-34-24-35-60-42-45-68(83(73)92)81(61)80(59)60)54-78(74)93(76)84-69(55-26-14-10-15-27-55)49-63(89(4,5)6)50-70(84)56-28-16-11-17-29-56/h10-54H,1-9H3/i25D,38D,39D,44D,47D,54D. The highest BCUT2D eigenvalue weighted by Gasteiger charge is 2.47. The Hall–Kier alpha value is -10.5. The zero-order chi connectivity index (χ0) is 69.6. The number of anilines is 6. The van der Waals surface area contributed by atoms with Crippen molar-refractivity contribution in [3.63, 3.8) is 0 Å². The van der Waals surface area contributed by atoms with Crippen LogP contribution in [0.15, 0.2) is 273 Å². The Bertz CT molecular complexity index is 6030. The van der Waals surface area contributed by atoms with Crippen molar-refractivity contribution in [1.82, 2.24) is 4.57 Å². The molecular weight excluding hydrogens is 1170 g/mol. The Balaban J connectivity index is 1.07. The van der Waals surface area contributed by atoms with E-state index in [2.05, 4.69) is 259 Å². The van der Waals surface area contributed by atoms with Gasteiger partial charge in [-0.3, -0.25) is 0 Å². The molecule has 3 nitrogen and oxygen atoms in total. The highest BCUT2D eigenvalue weighted by Crippen LogP contribution is 2.56. The van der Waals surface area contributed by atoms with Gasteiger partial charge in [-0.15, -0.1) is 11.3 Å². The lowest BCUT2D eigenvalue weighted by molar-refractivity contribution is 0.590. The topological polar surface area (TPSA) is 11.4 Å². The van der Waals surface area contributed by atoms with Crippen LogP contribution in [0.5, 0.6) is 0 Å². The highest BCUT2D eigenvalue weighted by atomic mass is 32.1. The van der Waals surface area contributed by atoms with Gasteiger partial charge in [0.2, 0.25) is 0 Å². The fourth-order valence-electron chi connectivity index (χ4n) is 15.4. The number of aromatic nitrogens is 1. The number of nitrogens with zero attached hydrogens (tertiary/aromatic N) is 3. The van der Waals surface area contributed by atoms with Crippen LogP contribution in [-0.2, 0) is 16.2 Å². The first-order valence-corrected chi connectivity index (χ1v) is 34.0. The van der Waals surface area contributed by atoms with Crippen molar-refractivity contribution in [3.05, 3.63) is 290 Å². The van der Waals surface area contributed by atoms with Crippen LogP contribution in [0.3, 0.4) is 0 Å². The van der Waals surface area contributed by atoms with Gasteiger partial charge in [-0.25, -0.2) is 0 Å². The van der Waals surface area contributed by atoms with Gasteiger partial charge < -0.3 is 14.4 Å². The molecule has 456 valence electrons. The van der Waals surface area contributed by atoms with Crippen molar-refractivity contribution in [2.45, 2.75) is 78.6 Å². The van der Waals surface area contributed by atoms with E-state index in [-0.39, 0.29) is 58.2 Å². The third-order valence-electron chi connectivity index (χ3n) is 20.2. The van der Waals surface area contributed by atoms with E-state index in [1.807, 2.05) is 54.6 Å². The molecule has 0 spiro atoms. The summed E-state index contributed by atoms with van der Waals surface area (Å²) in [6.45, 7) is 19.2. The first-order valence-electron chi connectivity index (χ1n) is 36.2. The highest BCUT2D eigenvalue weighted by molar-refractivity contribution is 7.33. The third-order valence-corrected chi connectivity index (χ3v) is 21.4. The fourth-order valence-corrected chi connectivity index (χ4v) is 16.8. The molecule has 0 saturated heterocycles. The van der Waals surface area contributed by atoms with Gasteiger partial charge in [0.05, 0.1) is 36.3 Å². The molecule has 0 saturated carbocycles. The average Bonchev–Trinajstić information content (AvgIpc) is 1.63. The summed E-state index contributed by atoms with van der Waals surface area (Å²) in [6, 6.07) is 82.6. The van der Waals surface area contributed by atoms with Crippen LogP contribution in [0.2, 0.25) is 0 Å². The number of thiophene rings is 1. The number of benzene rings is 14. The molecule has 18 rings (SSSR count). The summed E-state index contributed by atoms with van der Waals surface area (Å²) in [5, 5.41) is 9.37. The van der Waals surface area contributed by atoms with Crippen LogP contribution in [0.25, 0.3) is 114 Å². The minimum Gasteiger partial charge on any atom is -0.310 e. The maximum absolute atomic E-state index is 11.8. The Morgan fingerprint density at radius 3 is 1.43 bits per heavy atom. The summed E-state index contributed by atoms with van der Waals surface area (Å²) < 4.78 is 71.0. The molecule has 2 aliphatic rings. The summed E-state index contributed by atoms with van der Waals surface area (Å²) in [7, 11) is 0. The van der Waals surface area contributed by atoms with Crippen LogP contribution in [0.1, 0.15) is 87.2 Å². The van der Waals surface area contributed by atoms with Gasteiger partial charge in [0.25, 0.3) is 6.71 Å². The maximum atomic E-state index is 11.8. The second kappa shape index (κ2) is 21.0. The quantitative estimate of drug-likeness (QED) is 0.116. The molecule has 0 N–H and O–H groups in total. The van der Waals surface area contributed by atoms with Crippen LogP contribution in [0, 0.1) is 0 Å². The number of hydrogen-bond donors (Lipinski definition) is 0. The predicted molar refractivity (Wildman–Crippen MR) is 412 cm³/mol. The van der Waals surface area contributed by atoms with Crippen molar-refractivity contribution in [2.24, 2.45) is 0 Å². The van der Waals surface area contributed by atoms with E-state index < -0.39 is 6.71 Å². The Kier molecular flexibility index (Phi) is 11.3. The van der Waals surface area contributed by atoms with E-state index in [4.69, 9.17) is 0 Å². The number of rotatable bonds is 7.